The summed E-state index contributed by atoms with van der Waals surface area (Å²) in [5, 5.41) is 14.4. The number of carbonyl (C=O) groups excluding carboxylic acids is 3. The summed E-state index contributed by atoms with van der Waals surface area (Å²) < 4.78 is 34.2. The second-order valence-corrected chi connectivity index (χ2v) is 13.5. The highest BCUT2D eigenvalue weighted by Gasteiger charge is 2.39. The van der Waals surface area contributed by atoms with E-state index in [1.807, 2.05) is 51.1 Å². The maximum absolute atomic E-state index is 13.8. The lowest BCUT2D eigenvalue weighted by atomic mass is 10.0. The molecular formula is C34H41N3O7S. The fourth-order valence-corrected chi connectivity index (χ4v) is 6.63. The van der Waals surface area contributed by atoms with Gasteiger partial charge in [-0.15, -0.1) is 0 Å². The number of sulfonamides is 1. The standard InChI is InChI=1S/C34H41N3O7S/c1-5-23(2)20-36(45(42,43)29-17-11-24(3)12-18-29)21-31(39)30(19-26-9-7-6-8-10-26)35-33(40)32-22-37(34(41)44-32)28-15-13-27(14-16-28)25(4)38/h6-18,23,30-32,39H,5,19-22H2,1-4H3,(H,35,40)/t23-,30-,31+,32-/m0/s1. The SMILES string of the molecule is CC[C@H](C)CN(C[C@@H](O)[C@H](Cc1ccccc1)NC(=O)[C@@H]1CN(c2ccc(C(C)=O)cc2)C(=O)O1)S(=O)(=O)c1ccc(C)cc1. The molecule has 2 N–H and O–H groups in total. The van der Waals surface area contributed by atoms with Gasteiger partial charge in [-0.05, 0) is 68.1 Å². The summed E-state index contributed by atoms with van der Waals surface area (Å²) in [5.74, 6) is -0.700. The Balaban J connectivity index is 1.55. The third kappa shape index (κ3) is 8.56. The Morgan fingerprint density at radius 3 is 2.27 bits per heavy atom. The molecule has 1 saturated heterocycles. The summed E-state index contributed by atoms with van der Waals surface area (Å²) in [4.78, 5) is 39.2. The van der Waals surface area contributed by atoms with Gasteiger partial charge in [-0.1, -0.05) is 68.3 Å². The fourth-order valence-electron chi connectivity index (χ4n) is 5.06. The van der Waals surface area contributed by atoms with Crippen LogP contribution in [0.2, 0.25) is 0 Å². The summed E-state index contributed by atoms with van der Waals surface area (Å²) in [6.07, 6.45) is -2.21. The molecule has 0 aliphatic carbocycles. The van der Waals surface area contributed by atoms with Crippen LogP contribution in [0.5, 0.6) is 0 Å². The quantitative estimate of drug-likeness (QED) is 0.252. The van der Waals surface area contributed by atoms with Crippen molar-refractivity contribution in [3.63, 3.8) is 0 Å². The largest absolute Gasteiger partial charge is 0.434 e. The molecule has 45 heavy (non-hydrogen) atoms. The Morgan fingerprint density at radius 2 is 1.67 bits per heavy atom. The lowest BCUT2D eigenvalue weighted by Crippen LogP contribution is -2.53. The Kier molecular flexibility index (Phi) is 11.1. The number of aliphatic hydroxyl groups is 1. The molecule has 3 aromatic rings. The molecule has 1 fully saturated rings. The third-order valence-corrected chi connectivity index (χ3v) is 9.89. The van der Waals surface area contributed by atoms with Crippen LogP contribution < -0.4 is 10.2 Å². The van der Waals surface area contributed by atoms with Gasteiger partial charge in [0.25, 0.3) is 5.91 Å². The number of Topliss-reactive ketones (excluding diaryl/α,β-unsaturated/α-hetero) is 1. The molecule has 0 saturated carbocycles. The van der Waals surface area contributed by atoms with Crippen LogP contribution in [0.4, 0.5) is 10.5 Å². The van der Waals surface area contributed by atoms with Crippen LogP contribution in [0, 0.1) is 12.8 Å². The van der Waals surface area contributed by atoms with Gasteiger partial charge in [0.1, 0.15) is 0 Å². The predicted molar refractivity (Wildman–Crippen MR) is 172 cm³/mol. The number of ether oxygens (including phenoxy) is 1. The average Bonchev–Trinajstić information content (AvgIpc) is 3.42. The van der Waals surface area contributed by atoms with E-state index in [0.29, 0.717) is 11.3 Å². The number of cyclic esters (lactones) is 1. The number of nitrogens with one attached hydrogen (secondary N) is 1. The maximum atomic E-state index is 13.8. The van der Waals surface area contributed by atoms with E-state index < -0.39 is 40.3 Å². The molecule has 2 amide bonds. The number of ketones is 1. The minimum atomic E-state index is -3.96. The number of benzene rings is 3. The Labute approximate surface area is 265 Å². The highest BCUT2D eigenvalue weighted by Crippen LogP contribution is 2.24. The number of aliphatic hydroxyl groups excluding tert-OH is 1. The lowest BCUT2D eigenvalue weighted by Gasteiger charge is -2.31. The molecule has 11 heteroatoms. The number of carbonyl (C=O) groups is 3. The number of hydrogen-bond donors (Lipinski definition) is 2. The van der Waals surface area contributed by atoms with E-state index in [0.717, 1.165) is 17.5 Å². The fraction of sp³-hybridized carbons (Fsp3) is 0.382. The molecule has 0 bridgehead atoms. The van der Waals surface area contributed by atoms with Crippen molar-refractivity contribution in [2.75, 3.05) is 24.5 Å². The average molecular weight is 636 g/mol. The summed E-state index contributed by atoms with van der Waals surface area (Å²) in [5.41, 5.74) is 2.72. The third-order valence-electron chi connectivity index (χ3n) is 8.04. The molecule has 10 nitrogen and oxygen atoms in total. The van der Waals surface area contributed by atoms with Crippen LogP contribution in [-0.4, -0.2) is 73.5 Å². The number of amides is 2. The van der Waals surface area contributed by atoms with E-state index in [4.69, 9.17) is 4.74 Å². The summed E-state index contributed by atoms with van der Waals surface area (Å²) in [6, 6.07) is 21.3. The van der Waals surface area contributed by atoms with Gasteiger partial charge in [0.05, 0.1) is 23.6 Å². The minimum absolute atomic E-state index is 0.0213. The van der Waals surface area contributed by atoms with E-state index in [1.165, 1.54) is 16.1 Å². The van der Waals surface area contributed by atoms with Gasteiger partial charge >= 0.3 is 6.09 Å². The van der Waals surface area contributed by atoms with Gasteiger partial charge in [-0.2, -0.15) is 4.31 Å². The van der Waals surface area contributed by atoms with Gasteiger partial charge in [-0.3, -0.25) is 14.5 Å². The number of rotatable bonds is 14. The van der Waals surface area contributed by atoms with Crippen molar-refractivity contribution in [1.82, 2.24) is 9.62 Å². The van der Waals surface area contributed by atoms with E-state index in [2.05, 4.69) is 5.32 Å². The van der Waals surface area contributed by atoms with Gasteiger partial charge in [0.15, 0.2) is 11.9 Å². The molecule has 240 valence electrons. The number of aryl methyl sites for hydroxylation is 1. The van der Waals surface area contributed by atoms with Crippen LogP contribution >= 0.6 is 0 Å². The topological polar surface area (TPSA) is 133 Å². The number of anilines is 1. The zero-order chi connectivity index (χ0) is 32.7. The molecule has 0 aromatic heterocycles. The van der Waals surface area contributed by atoms with Crippen LogP contribution in [0.1, 0.15) is 48.7 Å². The van der Waals surface area contributed by atoms with E-state index in [-0.39, 0.29) is 42.7 Å². The van der Waals surface area contributed by atoms with Crippen molar-refractivity contribution in [3.8, 4) is 0 Å². The van der Waals surface area contributed by atoms with Crippen molar-refractivity contribution in [2.24, 2.45) is 5.92 Å². The molecule has 1 aliphatic rings. The predicted octanol–water partition coefficient (Wildman–Crippen LogP) is 4.35. The summed E-state index contributed by atoms with van der Waals surface area (Å²) in [6.45, 7) is 7.10. The Bertz CT molecular complexity index is 1580. The molecule has 4 rings (SSSR count). The van der Waals surface area contributed by atoms with Crippen molar-refractivity contribution in [3.05, 3.63) is 95.6 Å². The normalized spacial score (nSPS) is 17.1. The van der Waals surface area contributed by atoms with Crippen LogP contribution in [0.15, 0.2) is 83.8 Å². The van der Waals surface area contributed by atoms with Crippen LogP contribution in [-0.2, 0) is 26.0 Å². The molecular weight excluding hydrogens is 594 g/mol. The maximum Gasteiger partial charge on any atom is 0.415 e. The Morgan fingerprint density at radius 1 is 1.02 bits per heavy atom. The van der Waals surface area contributed by atoms with Crippen LogP contribution in [0.25, 0.3) is 0 Å². The molecule has 1 aliphatic heterocycles. The monoisotopic (exact) mass is 635 g/mol. The summed E-state index contributed by atoms with van der Waals surface area (Å²) >= 11 is 0. The first-order valence-electron chi connectivity index (χ1n) is 15.1. The first-order chi connectivity index (χ1) is 21.4. The number of nitrogens with zero attached hydrogens (tertiary/aromatic N) is 2. The van der Waals surface area contributed by atoms with E-state index in [1.54, 1.807) is 48.5 Å². The van der Waals surface area contributed by atoms with Gasteiger partial charge in [0, 0.05) is 24.3 Å². The molecule has 0 spiro atoms. The zero-order valence-corrected chi connectivity index (χ0v) is 26.9. The zero-order valence-electron chi connectivity index (χ0n) is 26.0. The molecule has 3 aromatic carbocycles. The van der Waals surface area contributed by atoms with Crippen molar-refractivity contribution in [1.29, 1.82) is 0 Å². The van der Waals surface area contributed by atoms with E-state index in [9.17, 15) is 27.9 Å². The molecule has 4 atom stereocenters. The molecule has 0 radical (unpaired) electrons. The van der Waals surface area contributed by atoms with Gasteiger partial charge in [0.2, 0.25) is 10.0 Å². The second kappa shape index (κ2) is 14.8. The van der Waals surface area contributed by atoms with Crippen molar-refractivity contribution in [2.45, 2.75) is 63.7 Å². The van der Waals surface area contributed by atoms with Crippen molar-refractivity contribution >= 4 is 33.5 Å². The number of hydrogen-bond acceptors (Lipinski definition) is 7. The highest BCUT2D eigenvalue weighted by molar-refractivity contribution is 7.89. The first-order valence-corrected chi connectivity index (χ1v) is 16.5. The Hall–Kier alpha value is -4.06. The molecule has 1 heterocycles. The summed E-state index contributed by atoms with van der Waals surface area (Å²) in [7, 11) is -3.96. The highest BCUT2D eigenvalue weighted by atomic mass is 32.2. The second-order valence-electron chi connectivity index (χ2n) is 11.6. The first kappa shape index (κ1) is 33.8. The smallest absolute Gasteiger partial charge is 0.415 e. The van der Waals surface area contributed by atoms with Gasteiger partial charge in [-0.25, -0.2) is 13.2 Å². The van der Waals surface area contributed by atoms with E-state index >= 15 is 0 Å². The molecule has 0 unspecified atom stereocenters. The van der Waals surface area contributed by atoms with Crippen LogP contribution in [0.3, 0.4) is 0 Å². The minimum Gasteiger partial charge on any atom is -0.434 e. The van der Waals surface area contributed by atoms with Crippen molar-refractivity contribution < 1.29 is 32.6 Å². The lowest BCUT2D eigenvalue weighted by molar-refractivity contribution is -0.129. The van der Waals surface area contributed by atoms with Gasteiger partial charge < -0.3 is 15.2 Å².